The van der Waals surface area contributed by atoms with Crippen LogP contribution in [0.15, 0.2) is 51.6 Å². The molecule has 2 aromatic carbocycles. The zero-order chi connectivity index (χ0) is 21.8. The molecule has 0 N–H and O–H groups in total. The summed E-state index contributed by atoms with van der Waals surface area (Å²) >= 11 is 3.29. The van der Waals surface area contributed by atoms with Gasteiger partial charge in [-0.05, 0) is 57.9 Å². The Morgan fingerprint density at radius 3 is 2.70 bits per heavy atom. The molecule has 0 fully saturated rings. The fourth-order valence-corrected chi connectivity index (χ4v) is 3.10. The Kier molecular flexibility index (Phi) is 6.46. The smallest absolute Gasteiger partial charge is 0.387 e. The highest BCUT2D eigenvalue weighted by Crippen LogP contribution is 2.37. The van der Waals surface area contributed by atoms with Gasteiger partial charge in [-0.25, -0.2) is 9.79 Å². The molecule has 2 aromatic rings. The van der Waals surface area contributed by atoms with Gasteiger partial charge in [0.05, 0.1) is 11.6 Å². The van der Waals surface area contributed by atoms with E-state index < -0.39 is 18.6 Å². The van der Waals surface area contributed by atoms with Crippen molar-refractivity contribution in [1.29, 1.82) is 0 Å². The summed E-state index contributed by atoms with van der Waals surface area (Å²) < 4.78 is 45.1. The number of alkyl halides is 2. The van der Waals surface area contributed by atoms with Crippen LogP contribution in [0.1, 0.15) is 18.1 Å². The normalized spacial score (nSPS) is 14.5. The Bertz CT molecular complexity index is 1070. The highest BCUT2D eigenvalue weighted by Gasteiger charge is 2.25. The van der Waals surface area contributed by atoms with E-state index in [2.05, 4.69) is 25.7 Å². The molecule has 0 bridgehead atoms. The molecule has 156 valence electrons. The Labute approximate surface area is 178 Å². The number of rotatable bonds is 6. The van der Waals surface area contributed by atoms with Crippen LogP contribution in [0.25, 0.3) is 6.08 Å². The van der Waals surface area contributed by atoms with Crippen molar-refractivity contribution in [3.05, 3.63) is 57.7 Å². The predicted octanol–water partition coefficient (Wildman–Crippen LogP) is 4.33. The number of carbonyl (C=O) groups is 2. The van der Waals surface area contributed by atoms with E-state index in [0.717, 1.165) is 0 Å². The summed E-state index contributed by atoms with van der Waals surface area (Å²) in [5, 5.41) is 0. The number of aliphatic imine (C=N–C) groups is 1. The summed E-state index contributed by atoms with van der Waals surface area (Å²) in [5.41, 5.74) is 0.801. The average molecular weight is 482 g/mol. The van der Waals surface area contributed by atoms with Crippen LogP contribution in [0.4, 0.5) is 8.78 Å². The minimum atomic E-state index is -2.98. The van der Waals surface area contributed by atoms with Gasteiger partial charge < -0.3 is 18.9 Å². The van der Waals surface area contributed by atoms with Crippen LogP contribution < -0.4 is 14.2 Å². The van der Waals surface area contributed by atoms with Gasteiger partial charge in [0.25, 0.3) is 0 Å². The largest absolute Gasteiger partial charge is 0.493 e. The summed E-state index contributed by atoms with van der Waals surface area (Å²) in [5.74, 6) is -0.918. The highest BCUT2D eigenvalue weighted by molar-refractivity contribution is 9.10. The van der Waals surface area contributed by atoms with Crippen LogP contribution in [0, 0.1) is 0 Å². The third kappa shape index (κ3) is 5.01. The second-order valence-electron chi connectivity index (χ2n) is 5.87. The lowest BCUT2D eigenvalue weighted by Gasteiger charge is -2.11. The summed E-state index contributed by atoms with van der Waals surface area (Å²) in [6.45, 7) is -1.72. The molecular formula is C20H14BrF2NO6. The second kappa shape index (κ2) is 9.04. The van der Waals surface area contributed by atoms with Gasteiger partial charge in [-0.2, -0.15) is 8.78 Å². The molecule has 0 saturated carbocycles. The average Bonchev–Trinajstić information content (AvgIpc) is 3.03. The van der Waals surface area contributed by atoms with E-state index in [9.17, 15) is 18.4 Å². The quantitative estimate of drug-likeness (QED) is 0.347. The molecule has 1 heterocycles. The van der Waals surface area contributed by atoms with Crippen LogP contribution in [-0.2, 0) is 14.3 Å². The molecule has 7 nitrogen and oxygen atoms in total. The maximum atomic E-state index is 12.4. The maximum absolute atomic E-state index is 12.4. The van der Waals surface area contributed by atoms with Crippen LogP contribution >= 0.6 is 15.9 Å². The van der Waals surface area contributed by atoms with Gasteiger partial charge in [0.1, 0.15) is 5.75 Å². The standard InChI is InChI=1S/C20H14BrF2NO6/c1-10(25)28-17-14(21)6-11(8-16(17)27-2)7-15-19(26)30-18(24-15)12-4-3-5-13(9-12)29-20(22)23/h3-9,20H,1-2H3/b15-7-. The van der Waals surface area contributed by atoms with Crippen molar-refractivity contribution in [2.75, 3.05) is 7.11 Å². The van der Waals surface area contributed by atoms with Crippen molar-refractivity contribution in [3.63, 3.8) is 0 Å². The SMILES string of the molecule is COc1cc(/C=C2\N=C(c3cccc(OC(F)F)c3)OC2=O)cc(Br)c1OC(C)=O. The molecule has 0 amide bonds. The molecule has 0 atom stereocenters. The van der Waals surface area contributed by atoms with Crippen molar-refractivity contribution >= 4 is 39.8 Å². The molecular weight excluding hydrogens is 468 g/mol. The number of esters is 2. The summed E-state index contributed by atoms with van der Waals surface area (Å²) in [6, 6.07) is 8.80. The molecule has 0 spiro atoms. The Morgan fingerprint density at radius 1 is 1.27 bits per heavy atom. The van der Waals surface area contributed by atoms with Crippen LogP contribution in [-0.4, -0.2) is 31.6 Å². The highest BCUT2D eigenvalue weighted by atomic mass is 79.9. The van der Waals surface area contributed by atoms with E-state index in [1.54, 1.807) is 18.2 Å². The first-order valence-corrected chi connectivity index (χ1v) is 9.20. The first kappa shape index (κ1) is 21.4. The number of methoxy groups -OCH3 is 1. The molecule has 0 unspecified atom stereocenters. The first-order valence-electron chi connectivity index (χ1n) is 8.40. The molecule has 30 heavy (non-hydrogen) atoms. The topological polar surface area (TPSA) is 83.4 Å². The van der Waals surface area contributed by atoms with Gasteiger partial charge in [-0.15, -0.1) is 0 Å². The van der Waals surface area contributed by atoms with E-state index in [-0.39, 0.29) is 28.8 Å². The Morgan fingerprint density at radius 2 is 2.03 bits per heavy atom. The lowest BCUT2D eigenvalue weighted by atomic mass is 10.1. The number of cyclic esters (lactones) is 1. The molecule has 10 heteroatoms. The zero-order valence-electron chi connectivity index (χ0n) is 15.6. The first-order chi connectivity index (χ1) is 14.3. The number of hydrogen-bond acceptors (Lipinski definition) is 7. The number of hydrogen-bond donors (Lipinski definition) is 0. The van der Waals surface area contributed by atoms with E-state index >= 15 is 0 Å². The molecule has 1 aliphatic rings. The van der Waals surface area contributed by atoms with Gasteiger partial charge in [-0.3, -0.25) is 4.79 Å². The van der Waals surface area contributed by atoms with Gasteiger partial charge in [0, 0.05) is 12.5 Å². The Balaban J connectivity index is 1.93. The number of carbonyl (C=O) groups excluding carboxylic acids is 2. The van der Waals surface area contributed by atoms with Crippen molar-refractivity contribution in [3.8, 4) is 17.2 Å². The van der Waals surface area contributed by atoms with E-state index in [1.165, 1.54) is 38.3 Å². The van der Waals surface area contributed by atoms with Gasteiger partial charge in [-0.1, -0.05) is 6.07 Å². The summed E-state index contributed by atoms with van der Waals surface area (Å²) in [7, 11) is 1.40. The lowest BCUT2D eigenvalue weighted by Crippen LogP contribution is -2.07. The molecule has 1 aliphatic heterocycles. The molecule has 0 aromatic heterocycles. The number of nitrogens with zero attached hydrogens (tertiary/aromatic N) is 1. The second-order valence-corrected chi connectivity index (χ2v) is 6.72. The molecule has 0 radical (unpaired) electrons. The van der Waals surface area contributed by atoms with E-state index in [4.69, 9.17) is 14.2 Å². The van der Waals surface area contributed by atoms with Crippen LogP contribution in [0.2, 0.25) is 0 Å². The lowest BCUT2D eigenvalue weighted by molar-refractivity contribution is -0.132. The molecule has 3 rings (SSSR count). The van der Waals surface area contributed by atoms with Crippen LogP contribution in [0.3, 0.4) is 0 Å². The Hall–Kier alpha value is -3.27. The maximum Gasteiger partial charge on any atom is 0.387 e. The number of ether oxygens (including phenoxy) is 4. The van der Waals surface area contributed by atoms with Gasteiger partial charge in [0.15, 0.2) is 17.2 Å². The third-order valence-electron chi connectivity index (χ3n) is 3.73. The van der Waals surface area contributed by atoms with Crippen LogP contribution in [0.5, 0.6) is 17.2 Å². The number of halogens is 3. The van der Waals surface area contributed by atoms with Crippen molar-refractivity contribution in [2.45, 2.75) is 13.5 Å². The van der Waals surface area contributed by atoms with Gasteiger partial charge in [0.2, 0.25) is 5.90 Å². The van der Waals surface area contributed by atoms with Crippen molar-refractivity contribution < 1.29 is 37.3 Å². The third-order valence-corrected chi connectivity index (χ3v) is 4.32. The van der Waals surface area contributed by atoms with Crippen molar-refractivity contribution in [2.24, 2.45) is 4.99 Å². The molecule has 0 saturated heterocycles. The monoisotopic (exact) mass is 481 g/mol. The summed E-state index contributed by atoms with van der Waals surface area (Å²) in [4.78, 5) is 27.6. The fourth-order valence-electron chi connectivity index (χ4n) is 2.56. The summed E-state index contributed by atoms with van der Waals surface area (Å²) in [6.07, 6.45) is 1.44. The minimum Gasteiger partial charge on any atom is -0.493 e. The van der Waals surface area contributed by atoms with Gasteiger partial charge >= 0.3 is 18.6 Å². The fraction of sp³-hybridized carbons (Fsp3) is 0.150. The van der Waals surface area contributed by atoms with E-state index in [1.807, 2.05) is 0 Å². The van der Waals surface area contributed by atoms with E-state index in [0.29, 0.717) is 15.6 Å². The minimum absolute atomic E-state index is 0.0145. The zero-order valence-corrected chi connectivity index (χ0v) is 17.2. The predicted molar refractivity (Wildman–Crippen MR) is 106 cm³/mol. The number of benzene rings is 2. The van der Waals surface area contributed by atoms with Crippen molar-refractivity contribution in [1.82, 2.24) is 0 Å². The molecule has 0 aliphatic carbocycles.